The molecule has 1 amide bonds. The first-order valence-corrected chi connectivity index (χ1v) is 9.12. The van der Waals surface area contributed by atoms with Crippen molar-refractivity contribution in [3.05, 3.63) is 47.2 Å². The molecule has 1 aliphatic rings. The Labute approximate surface area is 144 Å². The molecule has 0 radical (unpaired) electrons. The van der Waals surface area contributed by atoms with Crippen LogP contribution in [0, 0.1) is 0 Å². The molecule has 0 unspecified atom stereocenters. The summed E-state index contributed by atoms with van der Waals surface area (Å²) in [5.74, 6) is -0.430. The molecular formula is C15H16ClN3O4S. The molecule has 24 heavy (non-hydrogen) atoms. The van der Waals surface area contributed by atoms with Gasteiger partial charge in [-0.15, -0.1) is 0 Å². The van der Waals surface area contributed by atoms with Crippen LogP contribution in [0.2, 0.25) is 5.02 Å². The van der Waals surface area contributed by atoms with Crippen molar-refractivity contribution in [3.8, 4) is 0 Å². The summed E-state index contributed by atoms with van der Waals surface area (Å²) in [4.78, 5) is 15.0. The van der Waals surface area contributed by atoms with E-state index in [1.54, 1.807) is 24.3 Å². The molecule has 1 saturated heterocycles. The van der Waals surface area contributed by atoms with E-state index in [4.69, 9.17) is 16.3 Å². The van der Waals surface area contributed by atoms with Crippen molar-refractivity contribution in [2.75, 3.05) is 31.6 Å². The number of rotatable bonds is 4. The smallest absolute Gasteiger partial charge is 0.272 e. The van der Waals surface area contributed by atoms with Crippen molar-refractivity contribution < 1.29 is 17.9 Å². The van der Waals surface area contributed by atoms with Crippen LogP contribution in [0.1, 0.15) is 10.5 Å². The number of sulfonamides is 1. The van der Waals surface area contributed by atoms with Gasteiger partial charge in [0.2, 0.25) is 10.0 Å². The Morgan fingerprint density at radius 2 is 1.88 bits per heavy atom. The van der Waals surface area contributed by atoms with Gasteiger partial charge in [0.1, 0.15) is 10.6 Å². The highest BCUT2D eigenvalue weighted by Crippen LogP contribution is 2.19. The van der Waals surface area contributed by atoms with Crippen LogP contribution < -0.4 is 5.32 Å². The lowest BCUT2D eigenvalue weighted by atomic mass is 10.3. The topological polar surface area (TPSA) is 91.5 Å². The largest absolute Gasteiger partial charge is 0.379 e. The predicted molar refractivity (Wildman–Crippen MR) is 89.8 cm³/mol. The minimum atomic E-state index is -3.63. The van der Waals surface area contributed by atoms with Gasteiger partial charge in [-0.05, 0) is 30.3 Å². The third-order valence-electron chi connectivity index (χ3n) is 3.61. The van der Waals surface area contributed by atoms with E-state index < -0.39 is 15.9 Å². The molecule has 9 heteroatoms. The Bertz CT molecular complexity index is 827. The Hall–Kier alpha value is -1.87. The van der Waals surface area contributed by atoms with E-state index in [2.05, 4.69) is 10.3 Å². The van der Waals surface area contributed by atoms with Crippen LogP contribution in [0.4, 0.5) is 5.69 Å². The van der Waals surface area contributed by atoms with Crippen LogP contribution >= 0.6 is 11.6 Å². The third kappa shape index (κ3) is 3.62. The van der Waals surface area contributed by atoms with E-state index in [1.807, 2.05) is 0 Å². The van der Waals surface area contributed by atoms with E-state index in [1.165, 1.54) is 16.6 Å². The zero-order chi connectivity index (χ0) is 17.2. The Morgan fingerprint density at radius 1 is 1.21 bits per heavy atom. The average Bonchev–Trinajstić information content (AvgIpc) is 3.09. The van der Waals surface area contributed by atoms with Crippen LogP contribution in [-0.2, 0) is 14.8 Å². The molecule has 1 aliphatic heterocycles. The maximum absolute atomic E-state index is 12.5. The number of hydrogen-bond acceptors (Lipinski definition) is 4. The number of benzene rings is 1. The molecule has 1 fully saturated rings. The number of aromatic amines is 1. The first-order valence-electron chi connectivity index (χ1n) is 7.30. The first-order chi connectivity index (χ1) is 11.5. The maximum atomic E-state index is 12.5. The van der Waals surface area contributed by atoms with E-state index in [0.717, 1.165) is 0 Å². The number of morpholine rings is 1. The van der Waals surface area contributed by atoms with Crippen molar-refractivity contribution in [2.24, 2.45) is 0 Å². The number of aromatic nitrogens is 1. The molecule has 2 heterocycles. The monoisotopic (exact) mass is 369 g/mol. The van der Waals surface area contributed by atoms with Gasteiger partial charge in [0.15, 0.2) is 0 Å². The number of ether oxygens (including phenoxy) is 1. The van der Waals surface area contributed by atoms with E-state index in [9.17, 15) is 13.2 Å². The van der Waals surface area contributed by atoms with E-state index in [0.29, 0.717) is 37.0 Å². The highest BCUT2D eigenvalue weighted by Gasteiger charge is 2.27. The molecule has 2 aromatic rings. The van der Waals surface area contributed by atoms with Gasteiger partial charge >= 0.3 is 0 Å². The maximum Gasteiger partial charge on any atom is 0.272 e. The highest BCUT2D eigenvalue weighted by molar-refractivity contribution is 7.89. The molecule has 3 rings (SSSR count). The number of carbonyl (C=O) groups excluding carboxylic acids is 1. The van der Waals surface area contributed by atoms with Crippen LogP contribution in [0.5, 0.6) is 0 Å². The van der Waals surface area contributed by atoms with Gasteiger partial charge in [-0.3, -0.25) is 4.79 Å². The molecule has 0 saturated carbocycles. The standard InChI is InChI=1S/C15H16ClN3O4S/c16-11-1-3-12(4-2-11)18-15(20)14-9-13(10-17-14)24(21,22)19-5-7-23-8-6-19/h1-4,9-10,17H,5-8H2,(H,18,20). The lowest BCUT2D eigenvalue weighted by Gasteiger charge is -2.25. The second kappa shape index (κ2) is 6.94. The first kappa shape index (κ1) is 17.0. The van der Waals surface area contributed by atoms with Crippen LogP contribution in [0.25, 0.3) is 0 Å². The lowest BCUT2D eigenvalue weighted by molar-refractivity contribution is 0.0730. The molecule has 1 aromatic heterocycles. The SMILES string of the molecule is O=C(Nc1ccc(Cl)cc1)c1cc(S(=O)(=O)N2CCOCC2)c[nH]1. The van der Waals surface area contributed by atoms with Gasteiger partial charge in [0.05, 0.1) is 13.2 Å². The number of amides is 1. The summed E-state index contributed by atoms with van der Waals surface area (Å²) in [7, 11) is -3.63. The molecule has 128 valence electrons. The average molecular weight is 370 g/mol. The molecule has 2 N–H and O–H groups in total. The minimum absolute atomic E-state index is 0.0608. The van der Waals surface area contributed by atoms with Gasteiger partial charge in [-0.2, -0.15) is 4.31 Å². The van der Waals surface area contributed by atoms with Crippen molar-refractivity contribution in [3.63, 3.8) is 0 Å². The molecule has 1 aromatic carbocycles. The van der Waals surface area contributed by atoms with Gasteiger partial charge in [-0.25, -0.2) is 8.42 Å². The molecule has 0 atom stereocenters. The summed E-state index contributed by atoms with van der Waals surface area (Å²) in [5.41, 5.74) is 0.730. The van der Waals surface area contributed by atoms with Crippen LogP contribution in [-0.4, -0.2) is 49.9 Å². The van der Waals surface area contributed by atoms with E-state index >= 15 is 0 Å². The fourth-order valence-corrected chi connectivity index (χ4v) is 3.85. The summed E-state index contributed by atoms with van der Waals surface area (Å²) < 4.78 is 31.6. The second-order valence-electron chi connectivity index (χ2n) is 5.23. The quantitative estimate of drug-likeness (QED) is 0.861. The summed E-state index contributed by atoms with van der Waals surface area (Å²) in [6.07, 6.45) is 1.32. The van der Waals surface area contributed by atoms with Gasteiger partial charge in [-0.1, -0.05) is 11.6 Å². The summed E-state index contributed by atoms with van der Waals surface area (Å²) >= 11 is 5.79. The number of carbonyl (C=O) groups is 1. The molecule has 0 bridgehead atoms. The predicted octanol–water partition coefficient (Wildman–Crippen LogP) is 1.94. The fraction of sp³-hybridized carbons (Fsp3) is 0.267. The number of hydrogen-bond donors (Lipinski definition) is 2. The summed E-state index contributed by atoms with van der Waals surface area (Å²) in [6.45, 7) is 1.35. The molecule has 0 aliphatic carbocycles. The number of nitrogens with one attached hydrogen (secondary N) is 2. The van der Waals surface area contributed by atoms with Crippen LogP contribution in [0.15, 0.2) is 41.4 Å². The highest BCUT2D eigenvalue weighted by atomic mass is 35.5. The summed E-state index contributed by atoms with van der Waals surface area (Å²) in [6, 6.07) is 7.96. The van der Waals surface area contributed by atoms with Gasteiger partial charge < -0.3 is 15.0 Å². The van der Waals surface area contributed by atoms with Crippen molar-refractivity contribution in [1.82, 2.24) is 9.29 Å². The van der Waals surface area contributed by atoms with Crippen molar-refractivity contribution >= 4 is 33.2 Å². The minimum Gasteiger partial charge on any atom is -0.379 e. The Kier molecular flexibility index (Phi) is 4.91. The number of halogens is 1. The second-order valence-corrected chi connectivity index (χ2v) is 7.60. The fourth-order valence-electron chi connectivity index (χ4n) is 2.32. The summed E-state index contributed by atoms with van der Waals surface area (Å²) in [5, 5.41) is 3.23. The van der Waals surface area contributed by atoms with Gasteiger partial charge in [0.25, 0.3) is 5.91 Å². The zero-order valence-corrected chi connectivity index (χ0v) is 14.2. The van der Waals surface area contributed by atoms with E-state index in [-0.39, 0.29) is 10.6 Å². The molecular weight excluding hydrogens is 354 g/mol. The number of anilines is 1. The molecule has 7 nitrogen and oxygen atoms in total. The Morgan fingerprint density at radius 3 is 2.54 bits per heavy atom. The Balaban J connectivity index is 1.74. The van der Waals surface area contributed by atoms with Crippen molar-refractivity contribution in [2.45, 2.75) is 4.90 Å². The zero-order valence-electron chi connectivity index (χ0n) is 12.7. The lowest BCUT2D eigenvalue weighted by Crippen LogP contribution is -2.40. The third-order valence-corrected chi connectivity index (χ3v) is 5.74. The van der Waals surface area contributed by atoms with Crippen molar-refractivity contribution in [1.29, 1.82) is 0 Å². The normalized spacial score (nSPS) is 16.0. The van der Waals surface area contributed by atoms with Gasteiger partial charge in [0, 0.05) is 30.0 Å². The molecule has 0 spiro atoms. The number of nitrogens with zero attached hydrogens (tertiary/aromatic N) is 1. The number of H-pyrrole nitrogens is 1. The van der Waals surface area contributed by atoms with Crippen LogP contribution in [0.3, 0.4) is 0 Å².